The number of hydrogen-bond acceptors (Lipinski definition) is 5. The number of nitrogens with two attached hydrogens (primary N) is 1. The van der Waals surface area contributed by atoms with E-state index in [1.165, 1.54) is 0 Å². The van der Waals surface area contributed by atoms with Gasteiger partial charge in [0.25, 0.3) is 0 Å². The molecule has 0 unspecified atom stereocenters. The van der Waals surface area contributed by atoms with E-state index in [-0.39, 0.29) is 18.8 Å². The molecule has 94 valence electrons. The van der Waals surface area contributed by atoms with Crippen LogP contribution in [0.25, 0.3) is 0 Å². The van der Waals surface area contributed by atoms with Gasteiger partial charge in [-0.3, -0.25) is 9.59 Å². The molecule has 0 aromatic rings. The van der Waals surface area contributed by atoms with Crippen LogP contribution < -0.4 is 5.73 Å². The van der Waals surface area contributed by atoms with Gasteiger partial charge in [-0.15, -0.1) is 0 Å². The van der Waals surface area contributed by atoms with Gasteiger partial charge < -0.3 is 15.2 Å². The second kappa shape index (κ2) is 9.15. The molecule has 0 bridgehead atoms. The highest BCUT2D eigenvalue weighted by atomic mass is 16.5. The molecule has 0 rings (SSSR count). The van der Waals surface area contributed by atoms with Crippen LogP contribution in [-0.2, 0) is 19.1 Å². The van der Waals surface area contributed by atoms with Gasteiger partial charge in [0.15, 0.2) is 0 Å². The van der Waals surface area contributed by atoms with E-state index in [4.69, 9.17) is 15.2 Å². The number of ether oxygens (including phenoxy) is 2. The van der Waals surface area contributed by atoms with Crippen LogP contribution >= 0.6 is 0 Å². The third-order valence-electron chi connectivity index (χ3n) is 1.88. The summed E-state index contributed by atoms with van der Waals surface area (Å²) in [6.45, 7) is 4.60. The summed E-state index contributed by atoms with van der Waals surface area (Å²) in [7, 11) is 0. The summed E-state index contributed by atoms with van der Waals surface area (Å²) in [5.74, 6) is -0.772. The molecule has 0 fully saturated rings. The van der Waals surface area contributed by atoms with Gasteiger partial charge in [-0.2, -0.15) is 0 Å². The molecule has 0 saturated carbocycles. The van der Waals surface area contributed by atoms with Crippen molar-refractivity contribution >= 4 is 11.9 Å². The minimum atomic E-state index is -0.735. The van der Waals surface area contributed by atoms with Crippen LogP contribution in [0, 0.1) is 0 Å². The fraction of sp³-hybridized carbons (Fsp3) is 0.818. The number of carbonyl (C=O) groups is 2. The first-order valence-corrected chi connectivity index (χ1v) is 5.69. The molecule has 0 heterocycles. The molecule has 0 aromatic heterocycles. The van der Waals surface area contributed by atoms with Crippen molar-refractivity contribution in [3.63, 3.8) is 0 Å². The van der Waals surface area contributed by atoms with Gasteiger partial charge in [0, 0.05) is 6.42 Å². The van der Waals surface area contributed by atoms with E-state index in [9.17, 15) is 9.59 Å². The molecule has 5 nitrogen and oxygen atoms in total. The molecule has 0 radical (unpaired) electrons. The zero-order valence-electron chi connectivity index (χ0n) is 10.0. The quantitative estimate of drug-likeness (QED) is 0.630. The van der Waals surface area contributed by atoms with Gasteiger partial charge in [0.2, 0.25) is 0 Å². The molecule has 0 aromatic carbocycles. The Bertz CT molecular complexity index is 218. The Kier molecular flexibility index (Phi) is 8.52. The van der Waals surface area contributed by atoms with E-state index in [1.807, 2.05) is 13.8 Å². The van der Waals surface area contributed by atoms with E-state index in [0.29, 0.717) is 13.2 Å². The first-order chi connectivity index (χ1) is 7.61. The monoisotopic (exact) mass is 231 g/mol. The molecule has 0 aliphatic rings. The van der Waals surface area contributed by atoms with Gasteiger partial charge in [-0.1, -0.05) is 13.8 Å². The van der Waals surface area contributed by atoms with E-state index in [1.54, 1.807) is 0 Å². The fourth-order valence-corrected chi connectivity index (χ4v) is 0.989. The van der Waals surface area contributed by atoms with Gasteiger partial charge in [0.1, 0.15) is 6.04 Å². The lowest BCUT2D eigenvalue weighted by Gasteiger charge is -2.10. The summed E-state index contributed by atoms with van der Waals surface area (Å²) in [5.41, 5.74) is 5.55. The van der Waals surface area contributed by atoms with Crippen molar-refractivity contribution in [2.45, 2.75) is 45.6 Å². The van der Waals surface area contributed by atoms with Crippen LogP contribution in [0.3, 0.4) is 0 Å². The molecule has 1 atom stereocenters. The Morgan fingerprint density at radius 2 is 1.69 bits per heavy atom. The number of rotatable bonds is 8. The van der Waals surface area contributed by atoms with Crippen LogP contribution in [-0.4, -0.2) is 31.2 Å². The van der Waals surface area contributed by atoms with Crippen LogP contribution in [0.1, 0.15) is 39.5 Å². The van der Waals surface area contributed by atoms with E-state index >= 15 is 0 Å². The molecular weight excluding hydrogens is 210 g/mol. The summed E-state index contributed by atoms with van der Waals surface area (Å²) < 4.78 is 9.71. The lowest BCUT2D eigenvalue weighted by atomic mass is 10.2. The maximum atomic E-state index is 11.2. The van der Waals surface area contributed by atoms with Crippen LogP contribution in [0.15, 0.2) is 0 Å². The maximum Gasteiger partial charge on any atom is 0.322 e. The van der Waals surface area contributed by atoms with Gasteiger partial charge >= 0.3 is 11.9 Å². The van der Waals surface area contributed by atoms with Crippen molar-refractivity contribution in [2.24, 2.45) is 5.73 Å². The molecule has 0 aliphatic carbocycles. The van der Waals surface area contributed by atoms with Gasteiger partial charge in [0.05, 0.1) is 13.2 Å². The first kappa shape index (κ1) is 14.9. The largest absolute Gasteiger partial charge is 0.466 e. The average molecular weight is 231 g/mol. The summed E-state index contributed by atoms with van der Waals surface area (Å²) >= 11 is 0. The second-order valence-corrected chi connectivity index (χ2v) is 3.53. The molecule has 16 heavy (non-hydrogen) atoms. The highest BCUT2D eigenvalue weighted by molar-refractivity contribution is 5.77. The summed E-state index contributed by atoms with van der Waals surface area (Å²) in [5, 5.41) is 0. The van der Waals surface area contributed by atoms with Crippen LogP contribution in [0.5, 0.6) is 0 Å². The van der Waals surface area contributed by atoms with E-state index in [0.717, 1.165) is 12.8 Å². The third kappa shape index (κ3) is 7.23. The number of hydrogen-bond donors (Lipinski definition) is 1. The lowest BCUT2D eigenvalue weighted by Crippen LogP contribution is -2.33. The van der Waals surface area contributed by atoms with Crippen molar-refractivity contribution in [1.82, 2.24) is 0 Å². The Morgan fingerprint density at radius 3 is 2.25 bits per heavy atom. The van der Waals surface area contributed by atoms with Crippen LogP contribution in [0.4, 0.5) is 0 Å². The van der Waals surface area contributed by atoms with Crippen molar-refractivity contribution in [2.75, 3.05) is 13.2 Å². The predicted octanol–water partition coefficient (Wildman–Crippen LogP) is 1.00. The maximum absolute atomic E-state index is 11.2. The van der Waals surface area contributed by atoms with Crippen LogP contribution in [0.2, 0.25) is 0 Å². The lowest BCUT2D eigenvalue weighted by molar-refractivity contribution is -0.146. The van der Waals surface area contributed by atoms with E-state index < -0.39 is 12.0 Å². The van der Waals surface area contributed by atoms with Gasteiger partial charge in [-0.05, 0) is 19.3 Å². The molecule has 0 amide bonds. The highest BCUT2D eigenvalue weighted by Gasteiger charge is 2.16. The molecule has 2 N–H and O–H groups in total. The molecule has 0 saturated heterocycles. The van der Waals surface area contributed by atoms with Crippen molar-refractivity contribution in [1.29, 1.82) is 0 Å². The minimum absolute atomic E-state index is 0.155. The van der Waals surface area contributed by atoms with Crippen molar-refractivity contribution in [3.8, 4) is 0 Å². The topological polar surface area (TPSA) is 78.6 Å². The summed E-state index contributed by atoms with van der Waals surface area (Å²) in [6.07, 6.45) is 1.97. The summed E-state index contributed by atoms with van der Waals surface area (Å²) in [6, 6.07) is -0.735. The Morgan fingerprint density at radius 1 is 1.12 bits per heavy atom. The standard InChI is InChI=1S/C11H21NO4/c1-3-7-15-10(13)6-5-9(12)11(14)16-8-4-2/h9H,3-8,12H2,1-2H3/t9-/m1/s1. The normalized spacial score (nSPS) is 11.9. The molecule has 0 aliphatic heterocycles. The molecule has 0 spiro atoms. The van der Waals surface area contributed by atoms with E-state index in [2.05, 4.69) is 0 Å². The Labute approximate surface area is 96.3 Å². The zero-order chi connectivity index (χ0) is 12.4. The molecule has 5 heteroatoms. The Hall–Kier alpha value is -1.10. The summed E-state index contributed by atoms with van der Waals surface area (Å²) in [4.78, 5) is 22.3. The molecular formula is C11H21NO4. The SMILES string of the molecule is CCCOC(=O)CC[C@@H](N)C(=O)OCCC. The average Bonchev–Trinajstić information content (AvgIpc) is 2.30. The first-order valence-electron chi connectivity index (χ1n) is 5.69. The third-order valence-corrected chi connectivity index (χ3v) is 1.88. The number of carbonyl (C=O) groups excluding carboxylic acids is 2. The highest BCUT2D eigenvalue weighted by Crippen LogP contribution is 2.00. The Balaban J connectivity index is 3.66. The zero-order valence-corrected chi connectivity index (χ0v) is 10.0. The smallest absolute Gasteiger partial charge is 0.322 e. The number of esters is 2. The minimum Gasteiger partial charge on any atom is -0.466 e. The second-order valence-electron chi connectivity index (χ2n) is 3.53. The van der Waals surface area contributed by atoms with Crippen molar-refractivity contribution < 1.29 is 19.1 Å². The van der Waals surface area contributed by atoms with Crippen molar-refractivity contribution in [3.05, 3.63) is 0 Å². The van der Waals surface area contributed by atoms with Gasteiger partial charge in [-0.25, -0.2) is 0 Å². The predicted molar refractivity (Wildman–Crippen MR) is 59.7 cm³/mol. The fourth-order valence-electron chi connectivity index (χ4n) is 0.989.